The van der Waals surface area contributed by atoms with E-state index in [1.165, 1.54) is 13.2 Å². The highest BCUT2D eigenvalue weighted by Crippen LogP contribution is 2.08. The van der Waals surface area contributed by atoms with Crippen LogP contribution in [0.3, 0.4) is 0 Å². The van der Waals surface area contributed by atoms with E-state index in [0.29, 0.717) is 18.7 Å². The Morgan fingerprint density at radius 1 is 1.58 bits per heavy atom. The average molecular weight is 270 g/mol. The Hall–Kier alpha value is -1.89. The lowest BCUT2D eigenvalue weighted by atomic mass is 10.0. The van der Waals surface area contributed by atoms with Crippen LogP contribution < -0.4 is 5.32 Å². The second kappa shape index (κ2) is 7.52. The molecule has 0 spiro atoms. The number of amides is 1. The summed E-state index contributed by atoms with van der Waals surface area (Å²) in [7, 11) is 1.51. The fraction of sp³-hybridized carbons (Fsp3) is 0.583. The first-order valence-corrected chi connectivity index (χ1v) is 6.01. The van der Waals surface area contributed by atoms with Gasteiger partial charge in [0.1, 0.15) is 6.61 Å². The summed E-state index contributed by atoms with van der Waals surface area (Å²) in [6.45, 7) is 2.43. The van der Waals surface area contributed by atoms with E-state index in [4.69, 9.17) is 14.4 Å². The molecule has 1 heterocycles. The Morgan fingerprint density at radius 3 is 2.89 bits per heavy atom. The monoisotopic (exact) mass is 270 g/mol. The van der Waals surface area contributed by atoms with E-state index in [9.17, 15) is 9.59 Å². The second-order valence-corrected chi connectivity index (χ2v) is 4.19. The summed E-state index contributed by atoms with van der Waals surface area (Å²) < 4.78 is 9.74. The maximum atomic E-state index is 11.7. The molecule has 0 aliphatic rings. The predicted octanol–water partition coefficient (Wildman–Crippen LogP) is 1.05. The minimum Gasteiger partial charge on any atom is -0.481 e. The number of hydrogen-bond donors (Lipinski definition) is 2. The standard InChI is InChI=1S/C12H18N2O5/c1-3-8(4-11(15)16)6-13-12(17)10-5-9(7-18-2)19-14-10/h5,8H,3-4,6-7H2,1-2H3,(H,13,17)(H,15,16). The van der Waals surface area contributed by atoms with E-state index in [0.717, 1.165) is 0 Å². The number of aliphatic carboxylic acids is 1. The van der Waals surface area contributed by atoms with Crippen molar-refractivity contribution in [3.63, 3.8) is 0 Å². The first-order valence-electron chi connectivity index (χ1n) is 6.01. The highest BCUT2D eigenvalue weighted by Gasteiger charge is 2.16. The summed E-state index contributed by atoms with van der Waals surface area (Å²) in [5.74, 6) is -0.878. The minimum atomic E-state index is -0.870. The van der Waals surface area contributed by atoms with Crippen LogP contribution in [0.4, 0.5) is 0 Å². The van der Waals surface area contributed by atoms with Crippen molar-refractivity contribution in [2.24, 2.45) is 5.92 Å². The van der Waals surface area contributed by atoms with Gasteiger partial charge in [-0.05, 0) is 5.92 Å². The van der Waals surface area contributed by atoms with Crippen molar-refractivity contribution in [2.45, 2.75) is 26.4 Å². The Kier molecular flexibility index (Phi) is 6.01. The molecule has 0 aromatic carbocycles. The van der Waals surface area contributed by atoms with Crippen LogP contribution in [0.2, 0.25) is 0 Å². The molecule has 7 heteroatoms. The van der Waals surface area contributed by atoms with Gasteiger partial charge in [-0.2, -0.15) is 0 Å². The number of aromatic nitrogens is 1. The van der Waals surface area contributed by atoms with Gasteiger partial charge in [0.25, 0.3) is 5.91 Å². The highest BCUT2D eigenvalue weighted by molar-refractivity contribution is 5.92. The molecule has 1 rings (SSSR count). The Balaban J connectivity index is 2.47. The van der Waals surface area contributed by atoms with Gasteiger partial charge in [-0.25, -0.2) is 0 Å². The zero-order valence-electron chi connectivity index (χ0n) is 11.0. The summed E-state index contributed by atoms with van der Waals surface area (Å²) in [5.41, 5.74) is 0.164. The molecule has 7 nitrogen and oxygen atoms in total. The number of ether oxygens (including phenoxy) is 1. The van der Waals surface area contributed by atoms with Crippen LogP contribution in [-0.2, 0) is 16.1 Å². The number of methoxy groups -OCH3 is 1. The minimum absolute atomic E-state index is 0.0323. The lowest BCUT2D eigenvalue weighted by Gasteiger charge is -2.12. The third-order valence-corrected chi connectivity index (χ3v) is 2.67. The van der Waals surface area contributed by atoms with E-state index in [2.05, 4.69) is 10.5 Å². The number of carbonyl (C=O) groups is 2. The lowest BCUT2D eigenvalue weighted by Crippen LogP contribution is -2.30. The second-order valence-electron chi connectivity index (χ2n) is 4.19. The van der Waals surface area contributed by atoms with Crippen LogP contribution in [0.25, 0.3) is 0 Å². The van der Waals surface area contributed by atoms with Gasteiger partial charge in [-0.3, -0.25) is 9.59 Å². The third kappa shape index (κ3) is 5.09. The van der Waals surface area contributed by atoms with Crippen LogP contribution in [0.1, 0.15) is 36.0 Å². The van der Waals surface area contributed by atoms with Crippen molar-refractivity contribution < 1.29 is 24.0 Å². The van der Waals surface area contributed by atoms with Gasteiger partial charge < -0.3 is 19.7 Å². The van der Waals surface area contributed by atoms with Gasteiger partial charge in [0.05, 0.1) is 0 Å². The summed E-state index contributed by atoms with van der Waals surface area (Å²) >= 11 is 0. The molecule has 0 fully saturated rings. The van der Waals surface area contributed by atoms with Crippen LogP contribution in [0, 0.1) is 5.92 Å². The fourth-order valence-electron chi connectivity index (χ4n) is 1.57. The molecule has 1 aromatic rings. The number of carboxylic acids is 1. The van der Waals surface area contributed by atoms with Crippen LogP contribution in [0.15, 0.2) is 10.6 Å². The van der Waals surface area contributed by atoms with Crippen molar-refractivity contribution in [1.82, 2.24) is 10.5 Å². The van der Waals surface area contributed by atoms with Crippen LogP contribution >= 0.6 is 0 Å². The van der Waals surface area contributed by atoms with Crippen molar-refractivity contribution in [3.8, 4) is 0 Å². The first-order chi connectivity index (χ1) is 9.06. The van der Waals surface area contributed by atoms with Crippen LogP contribution in [-0.4, -0.2) is 35.8 Å². The molecule has 0 aliphatic heterocycles. The van der Waals surface area contributed by atoms with Crippen molar-refractivity contribution in [2.75, 3.05) is 13.7 Å². The summed E-state index contributed by atoms with van der Waals surface area (Å²) in [4.78, 5) is 22.4. The molecule has 0 bridgehead atoms. The topological polar surface area (TPSA) is 102 Å². The molecule has 19 heavy (non-hydrogen) atoms. The number of nitrogens with one attached hydrogen (secondary N) is 1. The zero-order valence-corrected chi connectivity index (χ0v) is 11.0. The molecule has 0 saturated carbocycles. The number of carboxylic acid groups (broad SMARTS) is 1. The first kappa shape index (κ1) is 15.2. The Morgan fingerprint density at radius 2 is 2.32 bits per heavy atom. The SMILES string of the molecule is CCC(CNC(=O)c1cc(COC)on1)CC(=O)O. The van der Waals surface area contributed by atoms with E-state index in [-0.39, 0.29) is 30.5 Å². The maximum absolute atomic E-state index is 11.7. The molecule has 1 unspecified atom stereocenters. The molecule has 1 aromatic heterocycles. The van der Waals surface area contributed by atoms with Gasteiger partial charge in [0.2, 0.25) is 0 Å². The molecular formula is C12H18N2O5. The van der Waals surface area contributed by atoms with Gasteiger partial charge in [-0.15, -0.1) is 0 Å². The smallest absolute Gasteiger partial charge is 0.303 e. The predicted molar refractivity (Wildman–Crippen MR) is 65.6 cm³/mol. The van der Waals surface area contributed by atoms with Crippen molar-refractivity contribution in [1.29, 1.82) is 0 Å². The highest BCUT2D eigenvalue weighted by atomic mass is 16.5. The number of nitrogens with zero attached hydrogens (tertiary/aromatic N) is 1. The molecule has 1 amide bonds. The molecule has 2 N–H and O–H groups in total. The third-order valence-electron chi connectivity index (χ3n) is 2.67. The Bertz CT molecular complexity index is 430. The van der Waals surface area contributed by atoms with E-state index < -0.39 is 5.97 Å². The number of carbonyl (C=O) groups excluding carboxylic acids is 1. The summed E-state index contributed by atoms with van der Waals surface area (Å²) in [6.07, 6.45) is 0.713. The fourth-order valence-corrected chi connectivity index (χ4v) is 1.57. The van der Waals surface area contributed by atoms with E-state index in [1.54, 1.807) is 0 Å². The molecular weight excluding hydrogens is 252 g/mol. The molecule has 106 valence electrons. The zero-order chi connectivity index (χ0) is 14.3. The van der Waals surface area contributed by atoms with E-state index in [1.807, 2.05) is 6.92 Å². The van der Waals surface area contributed by atoms with Gasteiger partial charge >= 0.3 is 5.97 Å². The van der Waals surface area contributed by atoms with Crippen LogP contribution in [0.5, 0.6) is 0 Å². The largest absolute Gasteiger partial charge is 0.481 e. The van der Waals surface area contributed by atoms with Gasteiger partial charge in [0, 0.05) is 26.1 Å². The molecule has 0 aliphatic carbocycles. The van der Waals surface area contributed by atoms with E-state index >= 15 is 0 Å². The van der Waals surface area contributed by atoms with Gasteiger partial charge in [-0.1, -0.05) is 18.5 Å². The number of hydrogen-bond acceptors (Lipinski definition) is 5. The molecule has 1 atom stereocenters. The normalized spacial score (nSPS) is 12.1. The Labute approximate surface area is 110 Å². The number of rotatable bonds is 8. The van der Waals surface area contributed by atoms with Crippen molar-refractivity contribution >= 4 is 11.9 Å². The quantitative estimate of drug-likeness (QED) is 0.732. The molecule has 0 radical (unpaired) electrons. The summed E-state index contributed by atoms with van der Waals surface area (Å²) in [6, 6.07) is 1.50. The van der Waals surface area contributed by atoms with Gasteiger partial charge in [0.15, 0.2) is 11.5 Å². The summed E-state index contributed by atoms with van der Waals surface area (Å²) in [5, 5.41) is 15.0. The average Bonchev–Trinajstić information content (AvgIpc) is 2.82. The lowest BCUT2D eigenvalue weighted by molar-refractivity contribution is -0.138. The van der Waals surface area contributed by atoms with Crippen molar-refractivity contribution in [3.05, 3.63) is 17.5 Å². The maximum Gasteiger partial charge on any atom is 0.303 e. The molecule has 0 saturated heterocycles.